The van der Waals surface area contributed by atoms with Crippen LogP contribution in [-0.4, -0.2) is 28.7 Å². The van der Waals surface area contributed by atoms with Gasteiger partial charge in [-0.05, 0) is 12.1 Å². The molecular formula is C11H10N2O6. The average Bonchev–Trinajstić information content (AvgIpc) is 2.35. The van der Waals surface area contributed by atoms with E-state index in [1.807, 2.05) is 0 Å². The van der Waals surface area contributed by atoms with Crippen LogP contribution in [0, 0.1) is 10.1 Å². The zero-order chi connectivity index (χ0) is 14.4. The summed E-state index contributed by atoms with van der Waals surface area (Å²) in [6.07, 6.45) is 0.544. The number of hydrogen-bond donors (Lipinski definition) is 2. The fourth-order valence-electron chi connectivity index (χ4n) is 1.23. The second-order valence-electron chi connectivity index (χ2n) is 3.31. The van der Waals surface area contributed by atoms with Crippen molar-refractivity contribution in [3.05, 3.63) is 46.5 Å². The third-order valence-electron chi connectivity index (χ3n) is 2.00. The molecule has 0 bridgehead atoms. The fourth-order valence-corrected chi connectivity index (χ4v) is 1.23. The number of carbonyl (C=O) groups excluding carboxylic acids is 1. The summed E-state index contributed by atoms with van der Waals surface area (Å²) in [6, 6.07) is 3.18. The van der Waals surface area contributed by atoms with Crippen molar-refractivity contribution in [2.45, 2.75) is 0 Å². The molecule has 0 aliphatic heterocycles. The predicted octanol–water partition coefficient (Wildman–Crippen LogP) is 2.03. The molecule has 0 atom stereocenters. The summed E-state index contributed by atoms with van der Waals surface area (Å²) in [5.41, 5.74) is -0.999. The third kappa shape index (κ3) is 3.80. The van der Waals surface area contributed by atoms with Gasteiger partial charge in [0.2, 0.25) is 0 Å². The Balaban J connectivity index is 2.96. The van der Waals surface area contributed by atoms with Gasteiger partial charge in [0.1, 0.15) is 12.2 Å². The predicted molar refractivity (Wildman–Crippen MR) is 65.2 cm³/mol. The molecule has 1 aromatic rings. The highest BCUT2D eigenvalue weighted by Gasteiger charge is 2.20. The molecule has 19 heavy (non-hydrogen) atoms. The number of hydrogen-bond acceptors (Lipinski definition) is 5. The lowest BCUT2D eigenvalue weighted by Gasteiger charge is -2.06. The zero-order valence-corrected chi connectivity index (χ0v) is 9.66. The minimum absolute atomic E-state index is 0.00932. The summed E-state index contributed by atoms with van der Waals surface area (Å²) in [7, 11) is 0. The Morgan fingerprint density at radius 1 is 1.53 bits per heavy atom. The molecule has 0 aliphatic carbocycles. The van der Waals surface area contributed by atoms with Gasteiger partial charge in [-0.1, -0.05) is 12.7 Å². The first kappa shape index (κ1) is 14.2. The van der Waals surface area contributed by atoms with Crippen LogP contribution in [0.2, 0.25) is 0 Å². The van der Waals surface area contributed by atoms with Crippen molar-refractivity contribution in [3.63, 3.8) is 0 Å². The molecular weight excluding hydrogens is 256 g/mol. The van der Waals surface area contributed by atoms with Crippen LogP contribution < -0.4 is 5.32 Å². The second-order valence-corrected chi connectivity index (χ2v) is 3.31. The number of ether oxygens (including phenoxy) is 1. The maximum Gasteiger partial charge on any atom is 0.411 e. The van der Waals surface area contributed by atoms with Crippen LogP contribution in [0.5, 0.6) is 0 Å². The van der Waals surface area contributed by atoms with Crippen LogP contribution in [0.15, 0.2) is 30.9 Å². The minimum Gasteiger partial charge on any atom is -0.477 e. The normalized spacial score (nSPS) is 9.47. The fraction of sp³-hybridized carbons (Fsp3) is 0.0909. The lowest BCUT2D eigenvalue weighted by Crippen LogP contribution is -2.14. The van der Waals surface area contributed by atoms with E-state index >= 15 is 0 Å². The van der Waals surface area contributed by atoms with Crippen molar-refractivity contribution in [2.24, 2.45) is 0 Å². The number of nitro groups is 1. The first-order valence-corrected chi connectivity index (χ1v) is 5.02. The summed E-state index contributed by atoms with van der Waals surface area (Å²) >= 11 is 0. The SMILES string of the molecule is C=CCOC(=O)Nc1ccc([N+](=O)[O-])c(C(=O)O)c1. The summed E-state index contributed by atoms with van der Waals surface area (Å²) in [6.45, 7) is 3.34. The Kier molecular flexibility index (Phi) is 4.58. The smallest absolute Gasteiger partial charge is 0.411 e. The van der Waals surface area contributed by atoms with Crippen molar-refractivity contribution in [1.82, 2.24) is 0 Å². The maximum absolute atomic E-state index is 11.2. The van der Waals surface area contributed by atoms with Crippen molar-refractivity contribution < 1.29 is 24.4 Å². The molecule has 2 N–H and O–H groups in total. The van der Waals surface area contributed by atoms with Gasteiger partial charge in [0, 0.05) is 11.8 Å². The largest absolute Gasteiger partial charge is 0.477 e. The Bertz CT molecular complexity index is 540. The first-order chi connectivity index (χ1) is 8.95. The quantitative estimate of drug-likeness (QED) is 0.478. The first-order valence-electron chi connectivity index (χ1n) is 5.02. The van der Waals surface area contributed by atoms with Crippen LogP contribution in [0.3, 0.4) is 0 Å². The zero-order valence-electron chi connectivity index (χ0n) is 9.66. The molecule has 0 fully saturated rings. The van der Waals surface area contributed by atoms with Crippen LogP contribution >= 0.6 is 0 Å². The van der Waals surface area contributed by atoms with E-state index in [9.17, 15) is 19.7 Å². The number of nitrogens with one attached hydrogen (secondary N) is 1. The summed E-state index contributed by atoms with van der Waals surface area (Å²) in [4.78, 5) is 31.9. The molecule has 1 rings (SSSR count). The summed E-state index contributed by atoms with van der Waals surface area (Å²) in [5.74, 6) is -1.46. The number of benzene rings is 1. The number of nitrogens with zero attached hydrogens (tertiary/aromatic N) is 1. The van der Waals surface area contributed by atoms with Crippen molar-refractivity contribution >= 4 is 23.4 Å². The Labute approximate surface area is 107 Å². The van der Waals surface area contributed by atoms with Crippen molar-refractivity contribution in [1.29, 1.82) is 0 Å². The second kappa shape index (κ2) is 6.15. The van der Waals surface area contributed by atoms with Crippen LogP contribution in [-0.2, 0) is 4.74 Å². The molecule has 0 radical (unpaired) electrons. The molecule has 0 saturated heterocycles. The van der Waals surface area contributed by atoms with Gasteiger partial charge in [-0.25, -0.2) is 9.59 Å². The van der Waals surface area contributed by atoms with Crippen LogP contribution in [0.4, 0.5) is 16.2 Å². The highest BCUT2D eigenvalue weighted by molar-refractivity contribution is 5.95. The number of aromatic carboxylic acids is 1. The molecule has 0 aliphatic rings. The Morgan fingerprint density at radius 3 is 2.74 bits per heavy atom. The van der Waals surface area contributed by atoms with Gasteiger partial charge in [0.15, 0.2) is 0 Å². The molecule has 0 spiro atoms. The van der Waals surface area contributed by atoms with Gasteiger partial charge < -0.3 is 9.84 Å². The van der Waals surface area contributed by atoms with Gasteiger partial charge in [0.25, 0.3) is 5.69 Å². The number of anilines is 1. The molecule has 100 valence electrons. The average molecular weight is 266 g/mol. The van der Waals surface area contributed by atoms with Crippen LogP contribution in [0.25, 0.3) is 0 Å². The van der Waals surface area contributed by atoms with E-state index in [2.05, 4.69) is 16.6 Å². The molecule has 0 unspecified atom stereocenters. The number of rotatable bonds is 5. The van der Waals surface area contributed by atoms with Crippen LogP contribution in [0.1, 0.15) is 10.4 Å². The monoisotopic (exact) mass is 266 g/mol. The Hall–Kier alpha value is -2.90. The molecule has 8 heteroatoms. The van der Waals surface area contributed by atoms with E-state index in [-0.39, 0.29) is 12.3 Å². The van der Waals surface area contributed by atoms with Crippen molar-refractivity contribution in [3.8, 4) is 0 Å². The van der Waals surface area contributed by atoms with E-state index in [1.54, 1.807) is 0 Å². The summed E-state index contributed by atoms with van der Waals surface area (Å²) < 4.78 is 4.62. The van der Waals surface area contributed by atoms with Gasteiger partial charge in [-0.2, -0.15) is 0 Å². The number of carbonyl (C=O) groups is 2. The van der Waals surface area contributed by atoms with E-state index < -0.39 is 28.2 Å². The van der Waals surface area contributed by atoms with Gasteiger partial charge >= 0.3 is 12.1 Å². The van der Waals surface area contributed by atoms with E-state index in [1.165, 1.54) is 12.1 Å². The standard InChI is InChI=1S/C11H10N2O6/c1-2-5-19-11(16)12-7-3-4-9(13(17)18)8(6-7)10(14)15/h2-4,6H,1,5H2,(H,12,16)(H,14,15). The third-order valence-corrected chi connectivity index (χ3v) is 2.00. The molecule has 0 aromatic heterocycles. The molecule has 0 saturated carbocycles. The minimum atomic E-state index is -1.46. The number of nitro benzene ring substituents is 1. The van der Waals surface area contributed by atoms with E-state index in [0.29, 0.717) is 0 Å². The van der Waals surface area contributed by atoms with E-state index in [0.717, 1.165) is 12.1 Å². The molecule has 1 aromatic carbocycles. The van der Waals surface area contributed by atoms with E-state index in [4.69, 9.17) is 5.11 Å². The van der Waals surface area contributed by atoms with Gasteiger partial charge in [0.05, 0.1) is 4.92 Å². The molecule has 0 heterocycles. The Morgan fingerprint density at radius 2 is 2.21 bits per heavy atom. The van der Waals surface area contributed by atoms with Gasteiger partial charge in [-0.15, -0.1) is 0 Å². The van der Waals surface area contributed by atoms with Gasteiger partial charge in [-0.3, -0.25) is 15.4 Å². The maximum atomic E-state index is 11.2. The highest BCUT2D eigenvalue weighted by atomic mass is 16.6. The number of amides is 1. The lowest BCUT2D eigenvalue weighted by atomic mass is 10.1. The number of carboxylic acids is 1. The molecule has 8 nitrogen and oxygen atoms in total. The number of carboxylic acid groups (broad SMARTS) is 1. The summed E-state index contributed by atoms with van der Waals surface area (Å²) in [5, 5.41) is 21.7. The molecule has 1 amide bonds. The highest BCUT2D eigenvalue weighted by Crippen LogP contribution is 2.22. The van der Waals surface area contributed by atoms with Crippen molar-refractivity contribution in [2.75, 3.05) is 11.9 Å². The topological polar surface area (TPSA) is 119 Å². The lowest BCUT2D eigenvalue weighted by molar-refractivity contribution is -0.385.